The van der Waals surface area contributed by atoms with E-state index in [1.165, 1.54) is 38.9 Å². The summed E-state index contributed by atoms with van der Waals surface area (Å²) in [6, 6.07) is 8.47. The van der Waals surface area contributed by atoms with Gasteiger partial charge >= 0.3 is 35.5 Å². The van der Waals surface area contributed by atoms with Gasteiger partial charge in [-0.3, -0.25) is 24.1 Å². The third kappa shape index (κ3) is 27.3. The van der Waals surface area contributed by atoms with Gasteiger partial charge in [-0.25, -0.2) is 19.1 Å². The van der Waals surface area contributed by atoms with Crippen LogP contribution in [0.4, 0.5) is 11.6 Å². The highest BCUT2D eigenvalue weighted by molar-refractivity contribution is 14.2. The Morgan fingerprint density at radius 2 is 0.938 bits per heavy atom. The maximum Gasteiger partial charge on any atom is 0.327 e. The molecule has 2 aromatic heterocycles. The molecule has 0 aromatic carbocycles. The Morgan fingerprint density at radius 1 is 0.545 bits per heavy atom. The molecule has 0 unspecified atom stereocenters. The second-order valence-corrected chi connectivity index (χ2v) is 36.2. The second kappa shape index (κ2) is 47.8. The summed E-state index contributed by atoms with van der Waals surface area (Å²) in [6.45, 7) is 24.1. The fraction of sp³-hybridized carbons (Fsp3) is 0.517. The number of methoxy groups -OCH3 is 2. The van der Waals surface area contributed by atoms with Crippen LogP contribution in [0.1, 0.15) is 177 Å². The van der Waals surface area contributed by atoms with Crippen LogP contribution in [0.5, 0.6) is 0 Å². The molecule has 0 aliphatic carbocycles. The lowest BCUT2D eigenvalue weighted by Gasteiger charge is -2.35. The summed E-state index contributed by atoms with van der Waals surface area (Å²) < 4.78 is 15.9. The largest absolute Gasteiger partial charge is 1.00 e. The molecule has 614 valence electrons. The summed E-state index contributed by atoms with van der Waals surface area (Å²) >= 11 is 23.2. The molecule has 0 radical (unpaired) electrons. The number of amidine groups is 2. The van der Waals surface area contributed by atoms with E-state index in [-0.39, 0.29) is 77.8 Å². The highest BCUT2D eigenvalue weighted by Crippen LogP contribution is 2.47. The van der Waals surface area contributed by atoms with Gasteiger partial charge in [0.05, 0.1) is 94.6 Å². The van der Waals surface area contributed by atoms with Crippen molar-refractivity contribution in [3.05, 3.63) is 188 Å². The number of esters is 2. The average Bonchev–Trinajstić information content (AvgIpc) is 1.62. The molecule has 0 amide bonds. The Labute approximate surface area is 750 Å². The number of nitrogens with zero attached hydrogens (tertiary/aromatic N) is 10. The number of allylic oxidation sites excluding steroid dienone is 12. The van der Waals surface area contributed by atoms with E-state index in [9.17, 15) is 19.2 Å². The zero-order valence-corrected chi connectivity index (χ0v) is 80.0. The molecule has 0 saturated carbocycles. The van der Waals surface area contributed by atoms with Crippen molar-refractivity contribution in [1.29, 1.82) is 0 Å². The van der Waals surface area contributed by atoms with Gasteiger partial charge in [-0.1, -0.05) is 192 Å². The first-order chi connectivity index (χ1) is 52.4. The maximum absolute atomic E-state index is 11.5. The van der Waals surface area contributed by atoms with Crippen molar-refractivity contribution in [1.82, 2.24) is 14.7 Å². The highest BCUT2D eigenvalue weighted by Gasteiger charge is 2.45. The third-order valence-electron chi connectivity index (χ3n) is 20.9. The molecule has 25 heteroatoms. The molecule has 0 saturated heterocycles. The Bertz CT molecular complexity index is 4170. The number of rotatable bonds is 30. The van der Waals surface area contributed by atoms with Crippen LogP contribution in [-0.4, -0.2) is 163 Å². The van der Waals surface area contributed by atoms with E-state index in [1.54, 1.807) is 0 Å². The summed E-state index contributed by atoms with van der Waals surface area (Å²) in [5.74, 6) is 2.14. The topological polar surface area (TPSA) is 194 Å². The monoisotopic (exact) mass is 2140 g/mol. The molecule has 2 N–H and O–H groups in total. The standard InChI is InChI=1S/C42H55ClN5O4.C41H52ClN5O4.CH2I2.2CH3I.CH4.HI/c1-41(2)32-16-14-26-46(24-12-8-10-18-36(49)50)39(32)44-34(41)22-20-30-28-48(5,6)29-31(38(30)43)21-23-35-42(3,4)33-17-15-27-47(40(33)45-35)25-13-9-11-19-37(51)52-7;1-40(2)31-15-13-25-46(23-11-7-9-17-35(48)49)38(31)43-33(40)21-19-29-27-45(5)28-30(37(29)42)20-22-34-41(3,4)32-16-14-26-47(39(32)44-34)24-12-8-10-18-36(50)51-6;2-1-3;2*1-2;;/h14-17,20-23,26-27H,8-13,18-19,24-25,28-29H2,1-7H3;13-16,19-22,25-26H,7-12,17-18,23-24,27-28H2,1-6H3;1H2;2*1H3;1H4;1H/q+1;;;;;;/p+1. The van der Waals surface area contributed by atoms with Gasteiger partial charge in [0, 0.05) is 102 Å². The third-order valence-corrected chi connectivity index (χ3v) is 21.9. The van der Waals surface area contributed by atoms with Crippen LogP contribution < -0.4 is 33.1 Å². The van der Waals surface area contributed by atoms with Gasteiger partial charge < -0.3 is 57.9 Å². The molecule has 0 fully saturated rings. The Morgan fingerprint density at radius 3 is 1.36 bits per heavy atom. The number of aliphatic imine (C=N–C) groups is 4. The first-order valence-electron chi connectivity index (χ1n) is 38.0. The van der Waals surface area contributed by atoms with Crippen LogP contribution in [0.25, 0.3) is 0 Å². The van der Waals surface area contributed by atoms with E-state index in [0.717, 1.165) is 200 Å². The van der Waals surface area contributed by atoms with E-state index >= 15 is 0 Å². The van der Waals surface area contributed by atoms with Crippen molar-refractivity contribution in [3.63, 3.8) is 0 Å². The number of hydrogen-bond acceptors (Lipinski definition) is 13. The lowest BCUT2D eigenvalue weighted by molar-refractivity contribution is -0.881. The summed E-state index contributed by atoms with van der Waals surface area (Å²) in [5.41, 5.74) is 12.0. The molecule has 0 atom stereocenters. The normalized spacial score (nSPS) is 19.7. The predicted octanol–water partition coefficient (Wildman–Crippen LogP) is 17.1. The maximum atomic E-state index is 11.5. The fourth-order valence-corrected chi connectivity index (χ4v) is 15.0. The highest BCUT2D eigenvalue weighted by atomic mass is 127. The first-order valence-corrected chi connectivity index (χ1v) is 46.2. The molecule has 0 bridgehead atoms. The Kier molecular flexibility index (Phi) is 42.6. The molecule has 8 aliphatic rings. The number of carbonyl (C=O) groups excluding carboxylic acids is 2. The van der Waals surface area contributed by atoms with Crippen molar-refractivity contribution in [2.75, 3.05) is 86.9 Å². The quantitative estimate of drug-likeness (QED) is 0.0189. The Balaban J connectivity index is 0.000000430. The number of carbonyl (C=O) groups is 4. The minimum atomic E-state index is -0.740. The number of carboxylic acid groups (broad SMARTS) is 2. The van der Waals surface area contributed by atoms with Gasteiger partial charge in [-0.15, -0.1) is 0 Å². The number of alkyl halides is 4. The summed E-state index contributed by atoms with van der Waals surface area (Å²) in [7, 11) is 9.45. The smallest absolute Gasteiger partial charge is 0.327 e. The molecule has 10 heterocycles. The number of unbranched alkanes of at least 4 members (excludes halogenated alkanes) is 8. The van der Waals surface area contributed by atoms with E-state index in [4.69, 9.17) is 62.9 Å². The van der Waals surface area contributed by atoms with E-state index in [1.807, 2.05) is 9.86 Å². The van der Waals surface area contributed by atoms with E-state index in [0.29, 0.717) is 25.7 Å². The van der Waals surface area contributed by atoms with Crippen LogP contribution in [-0.2, 0) is 52.6 Å². The molecule has 2 aromatic rings. The number of carboxylic acids is 2. The average molecular weight is 2140 g/mol. The number of likely N-dealkylation sites (N-methyl/N-ethyl adjacent to an activating group) is 2. The molecule has 10 rings (SSSR count). The van der Waals surface area contributed by atoms with Gasteiger partial charge in [0.2, 0.25) is 0 Å². The van der Waals surface area contributed by atoms with Crippen molar-refractivity contribution in [2.24, 2.45) is 30.8 Å². The van der Waals surface area contributed by atoms with Gasteiger partial charge in [0.25, 0.3) is 0 Å². The van der Waals surface area contributed by atoms with E-state index < -0.39 is 11.9 Å². The zero-order valence-electron chi connectivity index (χ0n) is 67.7. The predicted molar refractivity (Wildman–Crippen MR) is 492 cm³/mol. The summed E-state index contributed by atoms with van der Waals surface area (Å²) in [5, 5.41) is 19.5. The SMILES string of the molecule is C.CI.CI.COC(=O)CCCCCN1C=CC=C2C1=N/C(=C/C=C1\CN(C)CC(/C=C/C3=Nc4c(ccc[n+]4CCCCCC(=O)O)C3(C)C)=C1Cl)C2(C)C.COC(=O)CCCCCN1C=CC=C2C1=N/C(=C/C=C1\C[N+](C)(C)CC(/C=C/C3=Nc4c(ccc[n+]4CCCCCC(=O)O)C3(C)C)=C1Cl)C2(C)C.ICI.[I-]. The number of quaternary nitrogens is 1. The van der Waals surface area contributed by atoms with E-state index in [2.05, 4.69) is 313 Å². The Hall–Kier alpha value is -4.51. The van der Waals surface area contributed by atoms with Crippen molar-refractivity contribution in [2.45, 2.75) is 189 Å². The second-order valence-electron chi connectivity index (χ2n) is 31.0. The molecular weight excluding hydrogens is 2020 g/mol. The van der Waals surface area contributed by atoms with Crippen molar-refractivity contribution < 1.29 is 76.5 Å². The molecule has 112 heavy (non-hydrogen) atoms. The number of ether oxygens (including phenoxy) is 2. The summed E-state index contributed by atoms with van der Waals surface area (Å²) in [6.07, 6.45) is 45.7. The number of fused-ring (bicyclic) bond motifs is 4. The van der Waals surface area contributed by atoms with Gasteiger partial charge in [0.15, 0.2) is 11.4 Å². The molecule has 8 aliphatic heterocycles. The molecule has 0 spiro atoms. The zero-order chi connectivity index (χ0) is 81.2. The number of pyridine rings is 2. The number of hydrogen-bond donors (Lipinski definition) is 2. The van der Waals surface area contributed by atoms with Crippen LogP contribution in [0.3, 0.4) is 0 Å². The van der Waals surface area contributed by atoms with Crippen LogP contribution >= 0.6 is 114 Å². The first kappa shape index (κ1) is 99.8. The van der Waals surface area contributed by atoms with Gasteiger partial charge in [-0.2, -0.15) is 0 Å². The minimum Gasteiger partial charge on any atom is -1.00 e. The van der Waals surface area contributed by atoms with Crippen LogP contribution in [0, 0.1) is 10.8 Å². The lowest BCUT2D eigenvalue weighted by Crippen LogP contribution is -3.00. The molecule has 18 nitrogen and oxygen atoms in total. The van der Waals surface area contributed by atoms with Gasteiger partial charge in [0.1, 0.15) is 24.8 Å². The van der Waals surface area contributed by atoms with Crippen molar-refractivity contribution in [3.8, 4) is 0 Å². The van der Waals surface area contributed by atoms with Gasteiger partial charge in [-0.05, 0) is 197 Å². The minimum absolute atomic E-state index is 0. The number of aryl methyl sites for hydroxylation is 2. The van der Waals surface area contributed by atoms with Crippen molar-refractivity contribution >= 4 is 172 Å². The molecular formula is C87H121Cl2I5N10O8+2. The van der Waals surface area contributed by atoms with Crippen LogP contribution in [0.15, 0.2) is 197 Å². The number of aliphatic carboxylic acids is 2. The fourth-order valence-electron chi connectivity index (χ4n) is 14.6. The number of halogens is 7. The summed E-state index contributed by atoms with van der Waals surface area (Å²) in [4.78, 5) is 75.9. The number of aromatic nitrogens is 2. The lowest BCUT2D eigenvalue weighted by atomic mass is 9.81. The van der Waals surface area contributed by atoms with Crippen LogP contribution in [0.2, 0.25) is 0 Å².